The Morgan fingerprint density at radius 3 is 2.81 bits per heavy atom. The molecule has 0 aliphatic carbocycles. The maximum Gasteiger partial charge on any atom is 0.293 e. The summed E-state index contributed by atoms with van der Waals surface area (Å²) >= 11 is 0. The quantitative estimate of drug-likeness (QED) is 0.518. The molecule has 3 rings (SSSR count). The number of aromatic nitrogens is 4. The second-order valence-electron chi connectivity index (χ2n) is 5.64. The molecule has 7 nitrogen and oxygen atoms in total. The lowest BCUT2D eigenvalue weighted by atomic mass is 10.1. The number of aryl methyl sites for hydroxylation is 1. The molecule has 0 atom stereocenters. The summed E-state index contributed by atoms with van der Waals surface area (Å²) in [6.45, 7) is 3.72. The topological polar surface area (TPSA) is 79.0 Å². The number of hydrogen-bond acceptors (Lipinski definition) is 5. The Morgan fingerprint density at radius 1 is 1.31 bits per heavy atom. The number of rotatable bonds is 5. The summed E-state index contributed by atoms with van der Waals surface area (Å²) in [6.07, 6.45) is 1.50. The van der Waals surface area contributed by atoms with E-state index in [-0.39, 0.29) is 17.9 Å². The molecule has 0 aliphatic heterocycles. The van der Waals surface area contributed by atoms with Crippen molar-refractivity contribution in [2.75, 3.05) is 7.11 Å². The highest BCUT2D eigenvalue weighted by Crippen LogP contribution is 2.18. The highest BCUT2D eigenvalue weighted by atomic mass is 16.5. The van der Waals surface area contributed by atoms with E-state index in [2.05, 4.69) is 21.9 Å². The van der Waals surface area contributed by atoms with Crippen LogP contribution in [0.25, 0.3) is 11.0 Å². The fraction of sp³-hybridized carbons (Fsp3) is 0.263. The molecule has 7 heteroatoms. The zero-order valence-corrected chi connectivity index (χ0v) is 14.8. The van der Waals surface area contributed by atoms with Crippen LogP contribution in [0.1, 0.15) is 23.1 Å². The second-order valence-corrected chi connectivity index (χ2v) is 5.64. The van der Waals surface area contributed by atoms with Gasteiger partial charge in [0.05, 0.1) is 25.4 Å². The van der Waals surface area contributed by atoms with Crippen molar-refractivity contribution >= 4 is 16.8 Å². The number of Topliss-reactive ketones (excluding diaryl/α,β-unsaturated/α-hetero) is 1. The van der Waals surface area contributed by atoms with Gasteiger partial charge in [0.2, 0.25) is 0 Å². The van der Waals surface area contributed by atoms with Gasteiger partial charge < -0.3 is 9.30 Å². The van der Waals surface area contributed by atoms with Crippen LogP contribution in [0, 0.1) is 18.8 Å². The van der Waals surface area contributed by atoms with Gasteiger partial charge in [0, 0.05) is 0 Å². The van der Waals surface area contributed by atoms with Gasteiger partial charge in [-0.25, -0.2) is 9.67 Å². The lowest BCUT2D eigenvalue weighted by Gasteiger charge is -2.08. The number of hydrogen-bond donors (Lipinski definition) is 0. The highest BCUT2D eigenvalue weighted by molar-refractivity contribution is 5.98. The Labute approximate surface area is 150 Å². The summed E-state index contributed by atoms with van der Waals surface area (Å²) in [7, 11) is 1.50. The molecule has 2 aromatic heterocycles. The van der Waals surface area contributed by atoms with Crippen LogP contribution < -0.4 is 10.3 Å². The summed E-state index contributed by atoms with van der Waals surface area (Å²) in [5, 5.41) is 4.09. The van der Waals surface area contributed by atoms with Crippen LogP contribution in [0.3, 0.4) is 0 Å². The van der Waals surface area contributed by atoms with Gasteiger partial charge in [0.25, 0.3) is 5.56 Å². The molecule has 0 saturated carbocycles. The first kappa shape index (κ1) is 17.4. The first-order chi connectivity index (χ1) is 12.6. The first-order valence-electron chi connectivity index (χ1n) is 8.05. The zero-order chi connectivity index (χ0) is 18.7. The van der Waals surface area contributed by atoms with Gasteiger partial charge in [0.1, 0.15) is 29.2 Å². The van der Waals surface area contributed by atoms with Crippen LogP contribution in [-0.2, 0) is 13.1 Å². The van der Waals surface area contributed by atoms with Gasteiger partial charge in [-0.15, -0.1) is 5.92 Å². The molecule has 0 fully saturated rings. The maximum atomic E-state index is 12.9. The second kappa shape index (κ2) is 7.23. The Hall–Kier alpha value is -3.40. The van der Waals surface area contributed by atoms with Crippen LogP contribution >= 0.6 is 0 Å². The van der Waals surface area contributed by atoms with Gasteiger partial charge in [-0.05, 0) is 26.0 Å². The molecular weight excluding hydrogens is 332 g/mol. The lowest BCUT2D eigenvalue weighted by Crippen LogP contribution is -2.28. The number of benzene rings is 1. The van der Waals surface area contributed by atoms with Crippen molar-refractivity contribution in [3.8, 4) is 17.6 Å². The third kappa shape index (κ3) is 3.09. The highest BCUT2D eigenvalue weighted by Gasteiger charge is 2.17. The van der Waals surface area contributed by atoms with Crippen LogP contribution in [-0.4, -0.2) is 32.2 Å². The van der Waals surface area contributed by atoms with Gasteiger partial charge in [-0.3, -0.25) is 9.59 Å². The average Bonchev–Trinajstić information content (AvgIpc) is 2.98. The Kier molecular flexibility index (Phi) is 4.85. The molecule has 0 amide bonds. The minimum Gasteiger partial charge on any atom is -0.496 e. The van der Waals surface area contributed by atoms with E-state index in [0.29, 0.717) is 34.7 Å². The maximum absolute atomic E-state index is 12.9. The third-order valence-electron chi connectivity index (χ3n) is 4.06. The smallest absolute Gasteiger partial charge is 0.293 e. The third-order valence-corrected chi connectivity index (χ3v) is 4.06. The van der Waals surface area contributed by atoms with E-state index in [4.69, 9.17) is 4.74 Å². The molecule has 3 aromatic rings. The molecule has 26 heavy (non-hydrogen) atoms. The molecule has 0 spiro atoms. The van der Waals surface area contributed by atoms with Crippen molar-refractivity contribution in [3.63, 3.8) is 0 Å². The van der Waals surface area contributed by atoms with Crippen molar-refractivity contribution in [2.45, 2.75) is 26.9 Å². The average molecular weight is 350 g/mol. The van der Waals surface area contributed by atoms with Gasteiger partial charge in [0.15, 0.2) is 5.78 Å². The monoisotopic (exact) mass is 350 g/mol. The Bertz CT molecular complexity index is 1100. The van der Waals surface area contributed by atoms with Crippen molar-refractivity contribution < 1.29 is 9.53 Å². The van der Waals surface area contributed by atoms with Crippen molar-refractivity contribution in [1.82, 2.24) is 19.3 Å². The molecular formula is C19H18N4O3. The standard InChI is InChI=1S/C19H18N4O3/c1-4-5-10-22-13(2)21-15-11-20-23(19(25)18(15)22)12-16(24)14-8-6-7-9-17(14)26-3/h6-9,11H,10,12H2,1-3H3. The van der Waals surface area contributed by atoms with Crippen LogP contribution in [0.15, 0.2) is 35.3 Å². The number of carbonyl (C=O) groups excluding carboxylic acids is 1. The van der Waals surface area contributed by atoms with Gasteiger partial charge >= 0.3 is 0 Å². The molecule has 0 radical (unpaired) electrons. The van der Waals surface area contributed by atoms with E-state index in [9.17, 15) is 9.59 Å². The largest absolute Gasteiger partial charge is 0.496 e. The molecule has 0 aliphatic rings. The zero-order valence-electron chi connectivity index (χ0n) is 14.8. The van der Waals surface area contributed by atoms with E-state index in [1.807, 2.05) is 0 Å². The number of methoxy groups -OCH3 is 1. The summed E-state index contributed by atoms with van der Waals surface area (Å²) in [6, 6.07) is 6.89. The van der Waals surface area contributed by atoms with E-state index in [1.54, 1.807) is 42.7 Å². The fourth-order valence-corrected chi connectivity index (χ4v) is 2.76. The molecule has 0 bridgehead atoms. The van der Waals surface area contributed by atoms with Crippen molar-refractivity contribution in [2.24, 2.45) is 0 Å². The Morgan fingerprint density at radius 2 is 2.08 bits per heavy atom. The minimum atomic E-state index is -0.371. The molecule has 1 aromatic carbocycles. The number of carbonyl (C=O) groups is 1. The number of nitrogens with zero attached hydrogens (tertiary/aromatic N) is 4. The number of fused-ring (bicyclic) bond motifs is 1. The van der Waals surface area contributed by atoms with Crippen molar-refractivity contribution in [1.29, 1.82) is 0 Å². The number of ketones is 1. The number of para-hydroxylation sites is 1. The molecule has 0 unspecified atom stereocenters. The SMILES string of the molecule is CC#CCn1c(C)nc2cnn(CC(=O)c3ccccc3OC)c(=O)c21. The molecule has 0 saturated heterocycles. The molecule has 0 N–H and O–H groups in total. The Balaban J connectivity index is 2.03. The lowest BCUT2D eigenvalue weighted by molar-refractivity contribution is 0.0963. The first-order valence-corrected chi connectivity index (χ1v) is 8.05. The van der Waals surface area contributed by atoms with Crippen LogP contribution in [0.5, 0.6) is 5.75 Å². The van der Waals surface area contributed by atoms with Crippen LogP contribution in [0.2, 0.25) is 0 Å². The van der Waals surface area contributed by atoms with E-state index in [0.717, 1.165) is 4.68 Å². The van der Waals surface area contributed by atoms with E-state index in [1.165, 1.54) is 13.3 Å². The minimum absolute atomic E-state index is 0.182. The van der Waals surface area contributed by atoms with Crippen molar-refractivity contribution in [3.05, 3.63) is 52.2 Å². The summed E-state index contributed by atoms with van der Waals surface area (Å²) in [4.78, 5) is 29.8. The number of ether oxygens (including phenoxy) is 1. The van der Waals surface area contributed by atoms with E-state index < -0.39 is 0 Å². The van der Waals surface area contributed by atoms with Gasteiger partial charge in [-0.1, -0.05) is 18.1 Å². The predicted octanol–water partition coefficient (Wildman–Crippen LogP) is 1.82. The number of imidazole rings is 1. The van der Waals surface area contributed by atoms with E-state index >= 15 is 0 Å². The predicted molar refractivity (Wildman–Crippen MR) is 97.3 cm³/mol. The summed E-state index contributed by atoms with van der Waals surface area (Å²) < 4.78 is 8.10. The summed E-state index contributed by atoms with van der Waals surface area (Å²) in [5.41, 5.74) is 0.925. The normalized spacial score (nSPS) is 10.4. The molecule has 132 valence electrons. The summed E-state index contributed by atoms with van der Waals surface area (Å²) in [5.74, 6) is 6.62. The van der Waals surface area contributed by atoms with Gasteiger partial charge in [-0.2, -0.15) is 5.10 Å². The fourth-order valence-electron chi connectivity index (χ4n) is 2.76. The van der Waals surface area contributed by atoms with Crippen LogP contribution in [0.4, 0.5) is 0 Å². The molecule has 2 heterocycles.